The van der Waals surface area contributed by atoms with Gasteiger partial charge in [0.05, 0.1) is 0 Å². The van der Waals surface area contributed by atoms with Crippen LogP contribution in [0.15, 0.2) is 43.5 Å². The number of rotatable bonds is 3. The lowest BCUT2D eigenvalue weighted by Gasteiger charge is -1.98. The average Bonchev–Trinajstić information content (AvgIpc) is 2.29. The number of carbonyl (C=O) groups excluding carboxylic acids is 2. The van der Waals surface area contributed by atoms with E-state index in [1.807, 2.05) is 6.07 Å². The summed E-state index contributed by atoms with van der Waals surface area (Å²) in [7, 11) is 0. The molecule has 0 aliphatic rings. The zero-order valence-corrected chi connectivity index (χ0v) is 8.85. The summed E-state index contributed by atoms with van der Waals surface area (Å²) in [5.41, 5.74) is 10.9. The molecule has 0 saturated carbocycles. The van der Waals surface area contributed by atoms with Gasteiger partial charge in [-0.2, -0.15) is 0 Å². The van der Waals surface area contributed by atoms with Gasteiger partial charge in [0, 0.05) is 5.56 Å². The Morgan fingerprint density at radius 3 is 1.94 bits per heavy atom. The van der Waals surface area contributed by atoms with Crippen molar-refractivity contribution in [3.8, 4) is 0 Å². The van der Waals surface area contributed by atoms with E-state index in [1.54, 1.807) is 24.3 Å². The number of amides is 2. The molecule has 4 nitrogen and oxygen atoms in total. The van der Waals surface area contributed by atoms with Crippen LogP contribution in [0.3, 0.4) is 0 Å². The lowest BCUT2D eigenvalue weighted by atomic mass is 10.1. The first-order valence-electron chi connectivity index (χ1n) is 4.46. The third-order valence-corrected chi connectivity index (χ3v) is 1.65. The van der Waals surface area contributed by atoms with Gasteiger partial charge in [0.25, 0.3) is 0 Å². The second kappa shape index (κ2) is 7.00. The Balaban J connectivity index is 0.000000385. The zero-order valence-electron chi connectivity index (χ0n) is 8.85. The molecule has 1 aromatic carbocycles. The second-order valence-electron chi connectivity index (χ2n) is 2.76. The van der Waals surface area contributed by atoms with E-state index < -0.39 is 11.8 Å². The minimum atomic E-state index is -0.481. The van der Waals surface area contributed by atoms with E-state index in [4.69, 9.17) is 5.73 Å². The van der Waals surface area contributed by atoms with E-state index in [0.29, 0.717) is 5.56 Å². The largest absolute Gasteiger partial charge is 0.366 e. The summed E-state index contributed by atoms with van der Waals surface area (Å²) in [6, 6.07) is 7.09. The number of hydrogen-bond acceptors (Lipinski definition) is 2. The molecule has 0 aliphatic heterocycles. The predicted octanol–water partition coefficient (Wildman–Crippen LogP) is 1.09. The molecule has 0 aliphatic carbocycles. The van der Waals surface area contributed by atoms with Gasteiger partial charge in [-0.1, -0.05) is 37.4 Å². The van der Waals surface area contributed by atoms with E-state index in [-0.39, 0.29) is 0 Å². The molecule has 0 heterocycles. The number of hydrogen-bond donors (Lipinski definition) is 2. The van der Waals surface area contributed by atoms with Crippen molar-refractivity contribution in [2.75, 3.05) is 0 Å². The fraction of sp³-hybridized carbons (Fsp3) is 0. The van der Waals surface area contributed by atoms with Crippen LogP contribution in [-0.4, -0.2) is 11.8 Å². The Kier molecular flexibility index (Phi) is 5.97. The molecule has 1 rings (SSSR count). The lowest BCUT2D eigenvalue weighted by molar-refractivity contribution is -0.113. The summed E-state index contributed by atoms with van der Waals surface area (Å²) in [4.78, 5) is 20.2. The standard InChI is InChI=1S/C9H9NO.C3H5NO/c1-2-7-5-3-4-6-8(7)9(10)11;1-2-3(4)5/h2-6H,1H2,(H2,10,11);2H,1H2,(H2,4,5). The minimum absolute atomic E-state index is 0.416. The Bertz CT molecular complexity index is 411. The first-order chi connectivity index (χ1) is 7.52. The van der Waals surface area contributed by atoms with Gasteiger partial charge in [-0.05, 0) is 17.7 Å². The van der Waals surface area contributed by atoms with E-state index in [9.17, 15) is 9.59 Å². The van der Waals surface area contributed by atoms with Crippen LogP contribution < -0.4 is 11.5 Å². The number of carbonyl (C=O) groups is 2. The highest BCUT2D eigenvalue weighted by molar-refractivity contribution is 5.96. The van der Waals surface area contributed by atoms with Crippen molar-refractivity contribution in [3.05, 3.63) is 54.6 Å². The van der Waals surface area contributed by atoms with E-state index in [2.05, 4.69) is 18.9 Å². The third kappa shape index (κ3) is 4.76. The van der Waals surface area contributed by atoms with Crippen molar-refractivity contribution in [3.63, 3.8) is 0 Å². The van der Waals surface area contributed by atoms with Crippen LogP contribution in [0, 0.1) is 0 Å². The molecule has 1 aromatic rings. The lowest BCUT2D eigenvalue weighted by Crippen LogP contribution is -2.12. The maximum absolute atomic E-state index is 10.8. The highest BCUT2D eigenvalue weighted by Gasteiger charge is 2.02. The molecule has 0 aromatic heterocycles. The Morgan fingerprint density at radius 2 is 1.62 bits per heavy atom. The molecule has 16 heavy (non-hydrogen) atoms. The Labute approximate surface area is 94.3 Å². The summed E-state index contributed by atoms with van der Waals surface area (Å²) >= 11 is 0. The highest BCUT2D eigenvalue weighted by atomic mass is 16.1. The topological polar surface area (TPSA) is 86.2 Å². The zero-order chi connectivity index (χ0) is 12.6. The molecule has 0 saturated heterocycles. The second-order valence-corrected chi connectivity index (χ2v) is 2.76. The Morgan fingerprint density at radius 1 is 1.12 bits per heavy atom. The van der Waals surface area contributed by atoms with Gasteiger partial charge >= 0.3 is 0 Å². The van der Waals surface area contributed by atoms with Gasteiger partial charge in [0.2, 0.25) is 11.8 Å². The van der Waals surface area contributed by atoms with Crippen molar-refractivity contribution in [1.82, 2.24) is 0 Å². The van der Waals surface area contributed by atoms with Crippen LogP contribution in [0.1, 0.15) is 15.9 Å². The molecule has 0 spiro atoms. The first kappa shape index (κ1) is 13.6. The summed E-state index contributed by atoms with van der Waals surface area (Å²) < 4.78 is 0. The summed E-state index contributed by atoms with van der Waals surface area (Å²) in [6.07, 6.45) is 2.67. The van der Waals surface area contributed by atoms with Crippen molar-refractivity contribution in [2.45, 2.75) is 0 Å². The maximum Gasteiger partial charge on any atom is 0.249 e. The maximum atomic E-state index is 10.8. The molecule has 0 fully saturated rings. The molecule has 4 heteroatoms. The van der Waals surface area contributed by atoms with Crippen LogP contribution >= 0.6 is 0 Å². The van der Waals surface area contributed by atoms with Gasteiger partial charge in [-0.15, -0.1) is 0 Å². The van der Waals surface area contributed by atoms with Crippen LogP contribution in [0.25, 0.3) is 6.08 Å². The number of benzene rings is 1. The Hall–Kier alpha value is -2.36. The van der Waals surface area contributed by atoms with E-state index in [1.165, 1.54) is 0 Å². The predicted molar refractivity (Wildman–Crippen MR) is 64.4 cm³/mol. The van der Waals surface area contributed by atoms with Gasteiger partial charge in [-0.25, -0.2) is 0 Å². The summed E-state index contributed by atoms with van der Waals surface area (Å²) in [5.74, 6) is -0.898. The van der Waals surface area contributed by atoms with Crippen molar-refractivity contribution < 1.29 is 9.59 Å². The fourth-order valence-electron chi connectivity index (χ4n) is 0.899. The first-order valence-corrected chi connectivity index (χ1v) is 4.46. The molecule has 0 unspecified atom stereocenters. The van der Waals surface area contributed by atoms with E-state index >= 15 is 0 Å². The quantitative estimate of drug-likeness (QED) is 0.744. The molecule has 0 radical (unpaired) electrons. The molecule has 84 valence electrons. The van der Waals surface area contributed by atoms with Crippen molar-refractivity contribution in [1.29, 1.82) is 0 Å². The normalized spacial score (nSPS) is 8.25. The third-order valence-electron chi connectivity index (χ3n) is 1.65. The van der Waals surface area contributed by atoms with E-state index in [0.717, 1.165) is 11.6 Å². The fourth-order valence-corrected chi connectivity index (χ4v) is 0.899. The van der Waals surface area contributed by atoms with Crippen LogP contribution in [0.2, 0.25) is 0 Å². The van der Waals surface area contributed by atoms with Gasteiger partial charge in [0.1, 0.15) is 0 Å². The van der Waals surface area contributed by atoms with Gasteiger partial charge in [0.15, 0.2) is 0 Å². The SMILES string of the molecule is C=CC(N)=O.C=Cc1ccccc1C(N)=O. The summed E-state index contributed by atoms with van der Waals surface area (Å²) in [6.45, 7) is 6.65. The molecular weight excluding hydrogens is 204 g/mol. The van der Waals surface area contributed by atoms with Gasteiger partial charge in [-0.3, -0.25) is 9.59 Å². The monoisotopic (exact) mass is 218 g/mol. The molecule has 0 bridgehead atoms. The van der Waals surface area contributed by atoms with Crippen LogP contribution in [0.5, 0.6) is 0 Å². The summed E-state index contributed by atoms with van der Waals surface area (Å²) in [5, 5.41) is 0. The van der Waals surface area contributed by atoms with Crippen LogP contribution in [0.4, 0.5) is 0 Å². The molecule has 4 N–H and O–H groups in total. The minimum Gasteiger partial charge on any atom is -0.366 e. The van der Waals surface area contributed by atoms with Crippen molar-refractivity contribution in [2.24, 2.45) is 11.5 Å². The highest BCUT2D eigenvalue weighted by Crippen LogP contribution is 2.08. The van der Waals surface area contributed by atoms with Gasteiger partial charge < -0.3 is 11.5 Å². The molecule has 0 atom stereocenters. The molecule has 2 amide bonds. The average molecular weight is 218 g/mol. The smallest absolute Gasteiger partial charge is 0.249 e. The number of nitrogens with two attached hydrogens (primary N) is 2. The molecular formula is C12H14N2O2. The van der Waals surface area contributed by atoms with Crippen LogP contribution in [-0.2, 0) is 4.79 Å². The van der Waals surface area contributed by atoms with Crippen molar-refractivity contribution >= 4 is 17.9 Å². The number of primary amides is 2.